The van der Waals surface area contributed by atoms with Gasteiger partial charge in [-0.2, -0.15) is 0 Å². The maximum absolute atomic E-state index is 6.60. The predicted octanol–water partition coefficient (Wildman–Crippen LogP) is 1.76. The molecule has 2 aliphatic carbocycles. The van der Waals surface area contributed by atoms with E-state index in [-0.39, 0.29) is 0 Å². The molecule has 1 atom stereocenters. The summed E-state index contributed by atoms with van der Waals surface area (Å²) in [5, 5.41) is 0. The van der Waals surface area contributed by atoms with Gasteiger partial charge in [0.15, 0.2) is 0 Å². The lowest BCUT2D eigenvalue weighted by molar-refractivity contribution is -0.0322. The summed E-state index contributed by atoms with van der Waals surface area (Å²) in [6.07, 6.45) is 9.49. The fraction of sp³-hybridized carbons (Fsp3) is 1.00. The topological polar surface area (TPSA) is 38.5 Å². The van der Waals surface area contributed by atoms with Crippen LogP contribution in [0.15, 0.2) is 0 Å². The maximum atomic E-state index is 6.60. The molecule has 2 N–H and O–H groups in total. The van der Waals surface area contributed by atoms with Crippen molar-refractivity contribution in [2.24, 2.45) is 11.7 Å². The van der Waals surface area contributed by atoms with Gasteiger partial charge < -0.3 is 10.5 Å². The Balaban J connectivity index is 1.70. The molecule has 3 aliphatic rings. The molecular weight excluding hydrogens is 212 g/mol. The molecule has 3 rings (SSSR count). The van der Waals surface area contributed by atoms with Gasteiger partial charge in [0.2, 0.25) is 0 Å². The average Bonchev–Trinajstić information content (AvgIpc) is 3.04. The fourth-order valence-electron chi connectivity index (χ4n) is 3.85. The number of nitrogens with two attached hydrogens (primary N) is 1. The standard InChI is InChI=1S/C14H26N2O/c15-13(11-12-3-4-12)14(5-1-2-6-14)16-7-9-17-10-8-16/h12-13H,1-11,15H2. The van der Waals surface area contributed by atoms with Crippen molar-refractivity contribution >= 4 is 0 Å². The summed E-state index contributed by atoms with van der Waals surface area (Å²) in [6.45, 7) is 3.99. The molecule has 0 aromatic rings. The number of nitrogens with zero attached hydrogens (tertiary/aromatic N) is 1. The predicted molar refractivity (Wildman–Crippen MR) is 68.9 cm³/mol. The zero-order valence-corrected chi connectivity index (χ0v) is 10.9. The molecule has 17 heavy (non-hydrogen) atoms. The largest absolute Gasteiger partial charge is 0.379 e. The Morgan fingerprint density at radius 2 is 1.82 bits per heavy atom. The van der Waals surface area contributed by atoms with Gasteiger partial charge in [-0.3, -0.25) is 4.90 Å². The zero-order valence-electron chi connectivity index (χ0n) is 10.9. The van der Waals surface area contributed by atoms with Gasteiger partial charge in [-0.1, -0.05) is 25.7 Å². The molecule has 98 valence electrons. The Morgan fingerprint density at radius 3 is 2.41 bits per heavy atom. The number of morpholine rings is 1. The molecule has 2 saturated carbocycles. The van der Waals surface area contributed by atoms with Crippen molar-refractivity contribution in [2.75, 3.05) is 26.3 Å². The van der Waals surface area contributed by atoms with Gasteiger partial charge in [0.1, 0.15) is 0 Å². The Labute approximate surface area is 105 Å². The smallest absolute Gasteiger partial charge is 0.0594 e. The quantitative estimate of drug-likeness (QED) is 0.811. The van der Waals surface area contributed by atoms with Gasteiger partial charge in [0.25, 0.3) is 0 Å². The fourth-order valence-corrected chi connectivity index (χ4v) is 3.85. The summed E-state index contributed by atoms with van der Waals surface area (Å²) in [7, 11) is 0. The highest BCUT2D eigenvalue weighted by Crippen LogP contribution is 2.43. The second-order valence-corrected chi connectivity index (χ2v) is 6.20. The number of hydrogen-bond acceptors (Lipinski definition) is 3. The molecular formula is C14H26N2O. The third-order valence-electron chi connectivity index (χ3n) is 5.08. The van der Waals surface area contributed by atoms with Gasteiger partial charge in [0.05, 0.1) is 13.2 Å². The summed E-state index contributed by atoms with van der Waals surface area (Å²) in [5.74, 6) is 0.948. The Hall–Kier alpha value is -0.120. The third-order valence-corrected chi connectivity index (χ3v) is 5.08. The third kappa shape index (κ3) is 2.38. The molecule has 0 amide bonds. The molecule has 0 aromatic heterocycles. The van der Waals surface area contributed by atoms with Crippen LogP contribution in [0.3, 0.4) is 0 Å². The summed E-state index contributed by atoms with van der Waals surface area (Å²) in [5.41, 5.74) is 6.93. The van der Waals surface area contributed by atoms with Crippen LogP contribution in [0.5, 0.6) is 0 Å². The molecule has 0 radical (unpaired) electrons. The Morgan fingerprint density at radius 1 is 1.18 bits per heavy atom. The van der Waals surface area contributed by atoms with E-state index in [1.807, 2.05) is 0 Å². The molecule has 0 spiro atoms. The Bertz CT molecular complexity index is 253. The molecule has 0 bridgehead atoms. The van der Waals surface area contributed by atoms with Crippen LogP contribution >= 0.6 is 0 Å². The Kier molecular flexibility index (Phi) is 3.42. The minimum atomic E-state index is 0.326. The highest BCUT2D eigenvalue weighted by molar-refractivity contribution is 5.04. The lowest BCUT2D eigenvalue weighted by atomic mass is 9.83. The molecule has 3 heteroatoms. The minimum absolute atomic E-state index is 0.326. The van der Waals surface area contributed by atoms with Gasteiger partial charge in [0, 0.05) is 24.7 Å². The summed E-state index contributed by atoms with van der Waals surface area (Å²) >= 11 is 0. The van der Waals surface area contributed by atoms with Crippen molar-refractivity contribution in [2.45, 2.75) is 56.5 Å². The van der Waals surface area contributed by atoms with Crippen LogP contribution < -0.4 is 5.73 Å². The maximum Gasteiger partial charge on any atom is 0.0594 e. The van der Waals surface area contributed by atoms with Crippen molar-refractivity contribution in [1.29, 1.82) is 0 Å². The second kappa shape index (κ2) is 4.87. The average molecular weight is 238 g/mol. The van der Waals surface area contributed by atoms with E-state index in [4.69, 9.17) is 10.5 Å². The molecule has 3 fully saturated rings. The van der Waals surface area contributed by atoms with Crippen molar-refractivity contribution in [1.82, 2.24) is 4.90 Å². The highest BCUT2D eigenvalue weighted by atomic mass is 16.5. The number of hydrogen-bond donors (Lipinski definition) is 1. The van der Waals surface area contributed by atoms with Gasteiger partial charge in [-0.15, -0.1) is 0 Å². The molecule has 1 saturated heterocycles. The summed E-state index contributed by atoms with van der Waals surface area (Å²) < 4.78 is 5.49. The lowest BCUT2D eigenvalue weighted by Gasteiger charge is -2.47. The van der Waals surface area contributed by atoms with Crippen LogP contribution in [0, 0.1) is 5.92 Å². The first-order valence-corrected chi connectivity index (χ1v) is 7.40. The van der Waals surface area contributed by atoms with E-state index in [0.29, 0.717) is 11.6 Å². The van der Waals surface area contributed by atoms with Crippen molar-refractivity contribution in [3.63, 3.8) is 0 Å². The van der Waals surface area contributed by atoms with Crippen LogP contribution in [0.4, 0.5) is 0 Å². The van der Waals surface area contributed by atoms with Gasteiger partial charge in [-0.05, 0) is 25.2 Å². The monoisotopic (exact) mass is 238 g/mol. The molecule has 1 heterocycles. The van der Waals surface area contributed by atoms with E-state index < -0.39 is 0 Å². The van der Waals surface area contributed by atoms with Crippen LogP contribution in [-0.4, -0.2) is 42.8 Å². The molecule has 0 aromatic carbocycles. The van der Waals surface area contributed by atoms with Gasteiger partial charge >= 0.3 is 0 Å². The second-order valence-electron chi connectivity index (χ2n) is 6.20. The van der Waals surface area contributed by atoms with Crippen LogP contribution in [-0.2, 0) is 4.74 Å². The SMILES string of the molecule is NC(CC1CC1)C1(N2CCOCC2)CCCC1. The van der Waals surface area contributed by atoms with Crippen LogP contribution in [0.2, 0.25) is 0 Å². The van der Waals surface area contributed by atoms with E-state index in [1.165, 1.54) is 44.9 Å². The molecule has 3 nitrogen and oxygen atoms in total. The van der Waals surface area contributed by atoms with E-state index in [2.05, 4.69) is 4.90 Å². The van der Waals surface area contributed by atoms with E-state index in [9.17, 15) is 0 Å². The number of rotatable bonds is 4. The zero-order chi connectivity index (χ0) is 11.7. The minimum Gasteiger partial charge on any atom is -0.379 e. The first-order valence-electron chi connectivity index (χ1n) is 7.40. The van der Waals surface area contributed by atoms with Crippen molar-refractivity contribution < 1.29 is 4.74 Å². The molecule has 1 aliphatic heterocycles. The first-order chi connectivity index (χ1) is 8.31. The van der Waals surface area contributed by atoms with E-state index in [1.54, 1.807) is 0 Å². The normalized spacial score (nSPS) is 31.6. The van der Waals surface area contributed by atoms with Crippen molar-refractivity contribution in [3.05, 3.63) is 0 Å². The first kappa shape index (κ1) is 11.9. The van der Waals surface area contributed by atoms with E-state index in [0.717, 1.165) is 32.2 Å². The highest BCUT2D eigenvalue weighted by Gasteiger charge is 2.46. The van der Waals surface area contributed by atoms with Gasteiger partial charge in [-0.25, -0.2) is 0 Å². The van der Waals surface area contributed by atoms with Crippen LogP contribution in [0.25, 0.3) is 0 Å². The molecule has 1 unspecified atom stereocenters. The number of ether oxygens (including phenoxy) is 1. The summed E-state index contributed by atoms with van der Waals surface area (Å²) in [4.78, 5) is 2.66. The van der Waals surface area contributed by atoms with E-state index >= 15 is 0 Å². The lowest BCUT2D eigenvalue weighted by Crippen LogP contribution is -2.61. The van der Waals surface area contributed by atoms with Crippen molar-refractivity contribution in [3.8, 4) is 0 Å². The summed E-state index contributed by atoms with van der Waals surface area (Å²) in [6, 6.07) is 0.399. The van der Waals surface area contributed by atoms with Crippen LogP contribution in [0.1, 0.15) is 44.9 Å².